The number of hydrogen-bond acceptors (Lipinski definition) is 5. The number of amides is 1. The van der Waals surface area contributed by atoms with Gasteiger partial charge in [0.2, 0.25) is 5.91 Å². The number of carbonyl (C=O) groups excluding carboxylic acids is 1. The minimum Gasteiger partial charge on any atom is -0.469 e. The van der Waals surface area contributed by atoms with Crippen LogP contribution in [0, 0.1) is 11.8 Å². The van der Waals surface area contributed by atoms with E-state index >= 15 is 0 Å². The van der Waals surface area contributed by atoms with E-state index in [1.807, 2.05) is 30.4 Å². The Morgan fingerprint density at radius 2 is 2.15 bits per heavy atom. The molecule has 1 aromatic rings. The van der Waals surface area contributed by atoms with E-state index in [4.69, 9.17) is 10.2 Å². The summed E-state index contributed by atoms with van der Waals surface area (Å²) >= 11 is 0. The average Bonchev–Trinajstić information content (AvgIpc) is 3.22. The van der Waals surface area contributed by atoms with Gasteiger partial charge in [0, 0.05) is 25.2 Å². The predicted molar refractivity (Wildman–Crippen MR) is 103 cm³/mol. The maximum absolute atomic E-state index is 10.7. The van der Waals surface area contributed by atoms with Crippen LogP contribution in [0.4, 0.5) is 0 Å². The van der Waals surface area contributed by atoms with Gasteiger partial charge in [0.1, 0.15) is 5.76 Å². The van der Waals surface area contributed by atoms with Gasteiger partial charge in [-0.3, -0.25) is 4.79 Å². The van der Waals surface area contributed by atoms with Gasteiger partial charge in [-0.15, -0.1) is 0 Å². The number of furan rings is 1. The maximum atomic E-state index is 10.7. The number of aliphatic hydroxyl groups excluding tert-OH is 3. The second kappa shape index (κ2) is 11.1. The van der Waals surface area contributed by atoms with E-state index in [0.29, 0.717) is 38.5 Å². The number of aliphatic hydroxyl groups is 3. The van der Waals surface area contributed by atoms with Gasteiger partial charge in [-0.2, -0.15) is 0 Å². The standard InChI is InChI=1S/C21H31NO5/c22-21(26)8-4-2-1-3-7-17-18(20(25)14-19(17)24)12-10-15(23)9-11-16-6-5-13-27-16/h1,3,5-6,10,12-13,15,17-20,23-25H,2,4,7-9,11,14H2,(H2,22,26)/t15?,17-,18?,19?,20?/m1/s1. The molecule has 4 unspecified atom stereocenters. The number of carbonyl (C=O) groups is 1. The SMILES string of the molecule is NC(=O)CCCC=CC[C@H]1C(O)CC(O)C1C=CC(O)CCc1ccco1. The normalized spacial score (nSPS) is 26.9. The lowest BCUT2D eigenvalue weighted by Crippen LogP contribution is -2.20. The first-order valence-corrected chi connectivity index (χ1v) is 9.65. The molecule has 2 rings (SSSR count). The first-order valence-electron chi connectivity index (χ1n) is 9.65. The topological polar surface area (TPSA) is 117 Å². The van der Waals surface area contributed by atoms with Gasteiger partial charge in [0.15, 0.2) is 0 Å². The van der Waals surface area contributed by atoms with E-state index in [0.717, 1.165) is 12.2 Å². The lowest BCUT2D eigenvalue weighted by Gasteiger charge is -2.19. The molecule has 1 fully saturated rings. The zero-order chi connectivity index (χ0) is 19.6. The highest BCUT2D eigenvalue weighted by molar-refractivity contribution is 5.73. The Bertz CT molecular complexity index is 610. The molecule has 0 radical (unpaired) electrons. The van der Waals surface area contributed by atoms with Crippen molar-refractivity contribution in [2.45, 2.75) is 63.3 Å². The fourth-order valence-corrected chi connectivity index (χ4v) is 3.57. The van der Waals surface area contributed by atoms with Crippen LogP contribution in [0.2, 0.25) is 0 Å². The van der Waals surface area contributed by atoms with E-state index in [9.17, 15) is 20.1 Å². The molecular formula is C21H31NO5. The van der Waals surface area contributed by atoms with Crippen molar-refractivity contribution in [3.05, 3.63) is 48.5 Å². The highest BCUT2D eigenvalue weighted by atomic mass is 16.3. The smallest absolute Gasteiger partial charge is 0.217 e. The summed E-state index contributed by atoms with van der Waals surface area (Å²) in [5.41, 5.74) is 5.11. The summed E-state index contributed by atoms with van der Waals surface area (Å²) in [5.74, 6) is 0.265. The number of rotatable bonds is 11. The van der Waals surface area contributed by atoms with Crippen molar-refractivity contribution in [1.82, 2.24) is 0 Å². The Kier molecular flexibility index (Phi) is 8.78. The molecule has 6 heteroatoms. The van der Waals surface area contributed by atoms with Crippen molar-refractivity contribution in [2.24, 2.45) is 17.6 Å². The summed E-state index contributed by atoms with van der Waals surface area (Å²) in [6, 6.07) is 3.69. The Balaban J connectivity index is 1.81. The van der Waals surface area contributed by atoms with Gasteiger partial charge in [-0.05, 0) is 43.7 Å². The van der Waals surface area contributed by atoms with Gasteiger partial charge in [0.05, 0.1) is 24.6 Å². The van der Waals surface area contributed by atoms with Crippen molar-refractivity contribution < 1.29 is 24.5 Å². The lowest BCUT2D eigenvalue weighted by molar-refractivity contribution is -0.118. The molecule has 1 aromatic heterocycles. The molecule has 1 aliphatic carbocycles. The van der Waals surface area contributed by atoms with Gasteiger partial charge in [0.25, 0.3) is 0 Å². The minimum atomic E-state index is -0.620. The van der Waals surface area contributed by atoms with Crippen LogP contribution in [0.25, 0.3) is 0 Å². The molecule has 1 saturated carbocycles. The Hall–Kier alpha value is -1.89. The number of nitrogens with two attached hydrogens (primary N) is 1. The summed E-state index contributed by atoms with van der Waals surface area (Å²) in [6.07, 6.45) is 11.4. The fraction of sp³-hybridized carbons (Fsp3) is 0.571. The number of hydrogen-bond donors (Lipinski definition) is 4. The monoisotopic (exact) mass is 377 g/mol. The molecule has 1 amide bonds. The lowest BCUT2D eigenvalue weighted by atomic mass is 9.89. The molecule has 1 aliphatic rings. The first kappa shape index (κ1) is 21.4. The summed E-state index contributed by atoms with van der Waals surface area (Å²) in [5, 5.41) is 30.6. The fourth-order valence-electron chi connectivity index (χ4n) is 3.57. The zero-order valence-electron chi connectivity index (χ0n) is 15.6. The highest BCUT2D eigenvalue weighted by Crippen LogP contribution is 2.36. The number of aryl methyl sites for hydroxylation is 1. The molecule has 1 heterocycles. The molecule has 0 aliphatic heterocycles. The van der Waals surface area contributed by atoms with Crippen LogP contribution in [0.5, 0.6) is 0 Å². The summed E-state index contributed by atoms with van der Waals surface area (Å²) in [4.78, 5) is 10.7. The van der Waals surface area contributed by atoms with Crippen LogP contribution in [0.15, 0.2) is 47.1 Å². The van der Waals surface area contributed by atoms with E-state index in [-0.39, 0.29) is 17.7 Å². The van der Waals surface area contributed by atoms with E-state index < -0.39 is 18.3 Å². The Morgan fingerprint density at radius 3 is 2.85 bits per heavy atom. The number of allylic oxidation sites excluding steroid dienone is 2. The second-order valence-corrected chi connectivity index (χ2v) is 7.25. The minimum absolute atomic E-state index is 0.0825. The summed E-state index contributed by atoms with van der Waals surface area (Å²) in [6.45, 7) is 0. The molecule has 27 heavy (non-hydrogen) atoms. The first-order chi connectivity index (χ1) is 13.0. The molecule has 0 spiro atoms. The van der Waals surface area contributed by atoms with E-state index in [1.165, 1.54) is 0 Å². The van der Waals surface area contributed by atoms with Gasteiger partial charge >= 0.3 is 0 Å². The molecular weight excluding hydrogens is 346 g/mol. The second-order valence-electron chi connectivity index (χ2n) is 7.25. The van der Waals surface area contributed by atoms with Gasteiger partial charge in [-0.1, -0.05) is 24.3 Å². The zero-order valence-corrected chi connectivity index (χ0v) is 15.6. The number of primary amides is 1. The Labute approximate surface area is 160 Å². The van der Waals surface area contributed by atoms with E-state index in [2.05, 4.69) is 0 Å². The summed E-state index contributed by atoms with van der Waals surface area (Å²) < 4.78 is 5.25. The molecule has 0 saturated heterocycles. The maximum Gasteiger partial charge on any atom is 0.217 e. The van der Waals surface area contributed by atoms with E-state index in [1.54, 1.807) is 12.3 Å². The molecule has 6 nitrogen and oxygen atoms in total. The highest BCUT2D eigenvalue weighted by Gasteiger charge is 2.39. The molecule has 150 valence electrons. The van der Waals surface area contributed by atoms with Gasteiger partial charge in [-0.25, -0.2) is 0 Å². The predicted octanol–water partition coefficient (Wildman–Crippen LogP) is 2.09. The molecule has 5 atom stereocenters. The van der Waals surface area contributed by atoms with Crippen LogP contribution in [-0.2, 0) is 11.2 Å². The van der Waals surface area contributed by atoms with Crippen LogP contribution >= 0.6 is 0 Å². The largest absolute Gasteiger partial charge is 0.469 e. The van der Waals surface area contributed by atoms with Crippen molar-refractivity contribution in [3.63, 3.8) is 0 Å². The van der Waals surface area contributed by atoms with Crippen LogP contribution < -0.4 is 5.73 Å². The van der Waals surface area contributed by atoms with Crippen LogP contribution in [0.1, 0.15) is 44.3 Å². The Morgan fingerprint density at radius 1 is 1.33 bits per heavy atom. The molecule has 0 aromatic carbocycles. The van der Waals surface area contributed by atoms with Crippen molar-refractivity contribution in [2.75, 3.05) is 0 Å². The van der Waals surface area contributed by atoms with Crippen molar-refractivity contribution >= 4 is 5.91 Å². The number of unbranched alkanes of at least 4 members (excludes halogenated alkanes) is 1. The quantitative estimate of drug-likeness (QED) is 0.348. The van der Waals surface area contributed by atoms with Gasteiger partial charge < -0.3 is 25.5 Å². The molecule has 5 N–H and O–H groups in total. The van der Waals surface area contributed by atoms with Crippen molar-refractivity contribution in [1.29, 1.82) is 0 Å². The van der Waals surface area contributed by atoms with Crippen LogP contribution in [0.3, 0.4) is 0 Å². The average molecular weight is 377 g/mol. The third-order valence-electron chi connectivity index (χ3n) is 5.11. The third-order valence-corrected chi connectivity index (χ3v) is 5.11. The van der Waals surface area contributed by atoms with Crippen molar-refractivity contribution in [3.8, 4) is 0 Å². The third kappa shape index (κ3) is 7.33. The van der Waals surface area contributed by atoms with Crippen LogP contribution in [-0.4, -0.2) is 39.5 Å². The summed E-state index contributed by atoms with van der Waals surface area (Å²) in [7, 11) is 0. The molecule has 0 bridgehead atoms.